The Balaban J connectivity index is 1.68. The third kappa shape index (κ3) is 3.85. The summed E-state index contributed by atoms with van der Waals surface area (Å²) in [5.41, 5.74) is 2.59. The Morgan fingerprint density at radius 1 is 1.15 bits per heavy atom. The van der Waals surface area contributed by atoms with Crippen LogP contribution in [0.15, 0.2) is 48.7 Å². The molecule has 2 amide bonds. The van der Waals surface area contributed by atoms with Crippen molar-refractivity contribution in [1.82, 2.24) is 15.2 Å². The van der Waals surface area contributed by atoms with E-state index in [-0.39, 0.29) is 6.03 Å². The fourth-order valence-corrected chi connectivity index (χ4v) is 2.89. The molecule has 0 spiro atoms. The minimum Gasteiger partial charge on any atom is -0.361 e. The number of nitrogens with zero attached hydrogens (tertiary/aromatic N) is 1. The molecular formula is C20H21F2N3O. The maximum atomic E-state index is 13.4. The first-order valence-corrected chi connectivity index (χ1v) is 8.54. The summed E-state index contributed by atoms with van der Waals surface area (Å²) >= 11 is 0. The van der Waals surface area contributed by atoms with E-state index < -0.39 is 17.7 Å². The van der Waals surface area contributed by atoms with Crippen molar-refractivity contribution in [3.05, 3.63) is 71.4 Å². The summed E-state index contributed by atoms with van der Waals surface area (Å²) in [6, 6.07) is 11.0. The predicted octanol–water partition coefficient (Wildman–Crippen LogP) is 4.74. The molecule has 4 nitrogen and oxygen atoms in total. The van der Waals surface area contributed by atoms with Crippen LogP contribution in [0.5, 0.6) is 0 Å². The largest absolute Gasteiger partial charge is 0.361 e. The number of aromatic nitrogens is 1. The van der Waals surface area contributed by atoms with E-state index in [0.717, 1.165) is 28.6 Å². The van der Waals surface area contributed by atoms with Gasteiger partial charge in [0.1, 0.15) is 0 Å². The number of hydrogen-bond donors (Lipinski definition) is 2. The van der Waals surface area contributed by atoms with Crippen LogP contribution in [0.25, 0.3) is 10.9 Å². The Morgan fingerprint density at radius 2 is 1.96 bits per heavy atom. The number of aromatic amines is 1. The van der Waals surface area contributed by atoms with Crippen LogP contribution in [0.2, 0.25) is 0 Å². The zero-order valence-electron chi connectivity index (χ0n) is 14.7. The molecule has 0 aliphatic carbocycles. The van der Waals surface area contributed by atoms with Crippen LogP contribution >= 0.6 is 0 Å². The molecule has 0 bridgehead atoms. The van der Waals surface area contributed by atoms with Gasteiger partial charge in [0.25, 0.3) is 0 Å². The van der Waals surface area contributed by atoms with Gasteiger partial charge < -0.3 is 15.2 Å². The van der Waals surface area contributed by atoms with E-state index in [9.17, 15) is 13.6 Å². The van der Waals surface area contributed by atoms with Crippen LogP contribution in [-0.2, 0) is 6.54 Å². The third-order valence-electron chi connectivity index (χ3n) is 4.44. The molecule has 136 valence electrons. The predicted molar refractivity (Wildman–Crippen MR) is 97.7 cm³/mol. The average Bonchev–Trinajstić information content (AvgIpc) is 3.09. The van der Waals surface area contributed by atoms with Crippen molar-refractivity contribution in [3.8, 4) is 0 Å². The van der Waals surface area contributed by atoms with Crippen molar-refractivity contribution in [3.63, 3.8) is 0 Å². The molecule has 0 unspecified atom stereocenters. The molecule has 26 heavy (non-hydrogen) atoms. The molecule has 1 heterocycles. The van der Waals surface area contributed by atoms with Gasteiger partial charge in [0.05, 0.1) is 6.04 Å². The monoisotopic (exact) mass is 357 g/mol. The summed E-state index contributed by atoms with van der Waals surface area (Å²) in [7, 11) is 0. The van der Waals surface area contributed by atoms with Gasteiger partial charge in [-0.2, -0.15) is 0 Å². The van der Waals surface area contributed by atoms with Crippen molar-refractivity contribution in [2.24, 2.45) is 0 Å². The maximum absolute atomic E-state index is 13.4. The van der Waals surface area contributed by atoms with Crippen molar-refractivity contribution in [1.29, 1.82) is 0 Å². The number of benzene rings is 2. The first-order chi connectivity index (χ1) is 12.5. The van der Waals surface area contributed by atoms with E-state index in [1.54, 1.807) is 11.8 Å². The number of carbonyl (C=O) groups is 1. The lowest BCUT2D eigenvalue weighted by atomic mass is 10.1. The summed E-state index contributed by atoms with van der Waals surface area (Å²) in [4.78, 5) is 17.4. The zero-order chi connectivity index (χ0) is 18.7. The van der Waals surface area contributed by atoms with E-state index in [0.29, 0.717) is 18.7 Å². The second kappa shape index (κ2) is 7.56. The summed E-state index contributed by atoms with van der Waals surface area (Å²) < 4.78 is 26.5. The average molecular weight is 357 g/mol. The Bertz CT molecular complexity index is 922. The summed E-state index contributed by atoms with van der Waals surface area (Å²) in [5.74, 6) is -1.82. The van der Waals surface area contributed by atoms with E-state index in [4.69, 9.17) is 0 Å². The smallest absolute Gasteiger partial charge is 0.318 e. The van der Waals surface area contributed by atoms with Crippen molar-refractivity contribution in [2.75, 3.05) is 6.54 Å². The Kier molecular flexibility index (Phi) is 5.21. The van der Waals surface area contributed by atoms with Gasteiger partial charge in [-0.25, -0.2) is 13.6 Å². The second-order valence-corrected chi connectivity index (χ2v) is 6.26. The highest BCUT2D eigenvalue weighted by molar-refractivity contribution is 5.80. The fraction of sp³-hybridized carbons (Fsp3) is 0.250. The van der Waals surface area contributed by atoms with Crippen LogP contribution in [0, 0.1) is 11.6 Å². The number of carbonyl (C=O) groups excluding carboxylic acids is 1. The van der Waals surface area contributed by atoms with Crippen molar-refractivity contribution >= 4 is 16.9 Å². The zero-order valence-corrected chi connectivity index (χ0v) is 14.7. The SMILES string of the molecule is CCN(Cc1ccc2[nH]ccc2c1)C(=O)N[C@@H](C)c1ccc(F)c(F)c1. The number of nitrogens with one attached hydrogen (secondary N) is 2. The van der Waals surface area contributed by atoms with E-state index in [1.807, 2.05) is 37.4 Å². The van der Waals surface area contributed by atoms with Crippen LogP contribution < -0.4 is 5.32 Å². The second-order valence-electron chi connectivity index (χ2n) is 6.26. The van der Waals surface area contributed by atoms with Gasteiger partial charge in [-0.1, -0.05) is 12.1 Å². The number of amides is 2. The number of rotatable bonds is 5. The molecule has 3 aromatic rings. The molecule has 1 atom stereocenters. The van der Waals surface area contributed by atoms with Crippen LogP contribution in [0.1, 0.15) is 31.0 Å². The summed E-state index contributed by atoms with van der Waals surface area (Å²) in [6.07, 6.45) is 1.88. The molecule has 0 aliphatic heterocycles. The molecule has 6 heteroatoms. The summed E-state index contributed by atoms with van der Waals surface area (Å²) in [6.45, 7) is 4.64. The van der Waals surface area contributed by atoms with E-state index in [2.05, 4.69) is 10.3 Å². The lowest BCUT2D eigenvalue weighted by molar-refractivity contribution is 0.195. The molecule has 0 saturated heterocycles. The highest BCUT2D eigenvalue weighted by Gasteiger charge is 2.17. The first-order valence-electron chi connectivity index (χ1n) is 8.54. The number of halogens is 2. The highest BCUT2D eigenvalue weighted by Crippen LogP contribution is 2.18. The van der Waals surface area contributed by atoms with Crippen molar-refractivity contribution < 1.29 is 13.6 Å². The van der Waals surface area contributed by atoms with Crippen LogP contribution in [0.4, 0.5) is 13.6 Å². The minimum absolute atomic E-state index is 0.251. The van der Waals surface area contributed by atoms with Crippen LogP contribution in [-0.4, -0.2) is 22.5 Å². The van der Waals surface area contributed by atoms with Gasteiger partial charge in [-0.05, 0) is 60.7 Å². The van der Waals surface area contributed by atoms with Gasteiger partial charge in [0.2, 0.25) is 0 Å². The number of hydrogen-bond acceptors (Lipinski definition) is 1. The minimum atomic E-state index is -0.921. The highest BCUT2D eigenvalue weighted by atomic mass is 19.2. The quantitative estimate of drug-likeness (QED) is 0.681. The molecule has 0 aliphatic rings. The normalized spacial score (nSPS) is 12.2. The van der Waals surface area contributed by atoms with Crippen LogP contribution in [0.3, 0.4) is 0 Å². The molecule has 2 aromatic carbocycles. The lowest BCUT2D eigenvalue weighted by Crippen LogP contribution is -2.40. The van der Waals surface area contributed by atoms with Gasteiger partial charge in [-0.15, -0.1) is 0 Å². The number of fused-ring (bicyclic) bond motifs is 1. The first kappa shape index (κ1) is 17.9. The van der Waals surface area contributed by atoms with Gasteiger partial charge in [-0.3, -0.25) is 0 Å². The standard InChI is InChI=1S/C20H21F2N3O/c1-3-25(12-14-4-7-19-16(10-14)8-9-23-19)20(26)24-13(2)15-5-6-17(21)18(22)11-15/h4-11,13,23H,3,12H2,1-2H3,(H,24,26)/t13-/m0/s1. The molecule has 2 N–H and O–H groups in total. The number of H-pyrrole nitrogens is 1. The molecule has 3 rings (SSSR count). The van der Waals surface area contributed by atoms with E-state index in [1.165, 1.54) is 6.07 Å². The molecule has 0 saturated carbocycles. The fourth-order valence-electron chi connectivity index (χ4n) is 2.89. The topological polar surface area (TPSA) is 48.1 Å². The lowest BCUT2D eigenvalue weighted by Gasteiger charge is -2.24. The number of urea groups is 1. The summed E-state index contributed by atoms with van der Waals surface area (Å²) in [5, 5.41) is 3.93. The Hall–Kier alpha value is -2.89. The maximum Gasteiger partial charge on any atom is 0.318 e. The van der Waals surface area contributed by atoms with Gasteiger partial charge in [0, 0.05) is 24.8 Å². The molecule has 1 aromatic heterocycles. The van der Waals surface area contributed by atoms with Gasteiger partial charge in [0.15, 0.2) is 11.6 Å². The molecular weight excluding hydrogens is 336 g/mol. The molecule has 0 radical (unpaired) electrons. The third-order valence-corrected chi connectivity index (χ3v) is 4.44. The van der Waals surface area contributed by atoms with Crippen molar-refractivity contribution in [2.45, 2.75) is 26.4 Å². The van der Waals surface area contributed by atoms with E-state index >= 15 is 0 Å². The molecule has 0 fully saturated rings. The Labute approximate surface area is 150 Å². The Morgan fingerprint density at radius 3 is 2.69 bits per heavy atom. The van der Waals surface area contributed by atoms with Gasteiger partial charge >= 0.3 is 6.03 Å².